The van der Waals surface area contributed by atoms with Crippen LogP contribution in [-0.2, 0) is 31.1 Å². The minimum atomic E-state index is -0.170. The van der Waals surface area contributed by atoms with E-state index in [4.69, 9.17) is 0 Å². The largest absolute Gasteiger partial charge is 0.310 e. The van der Waals surface area contributed by atoms with Crippen molar-refractivity contribution in [2.75, 3.05) is 9.80 Å². The van der Waals surface area contributed by atoms with E-state index in [1.807, 2.05) is 0 Å². The molecule has 1 saturated carbocycles. The molecule has 6 aliphatic carbocycles. The van der Waals surface area contributed by atoms with Crippen molar-refractivity contribution in [2.45, 2.75) is 83.0 Å². The molecule has 328 valence electrons. The lowest BCUT2D eigenvalue weighted by Gasteiger charge is -2.31. The second-order valence-electron chi connectivity index (χ2n) is 19.9. The van der Waals surface area contributed by atoms with Crippen LogP contribution in [0.3, 0.4) is 0 Å². The molecule has 0 spiro atoms. The Morgan fingerprint density at radius 2 is 0.925 bits per heavy atom. The highest BCUT2D eigenvalue weighted by molar-refractivity contribution is 5.92. The first-order valence-corrected chi connectivity index (χ1v) is 24.8. The first-order chi connectivity index (χ1) is 32.9. The van der Waals surface area contributed by atoms with Gasteiger partial charge in [0.1, 0.15) is 0 Å². The van der Waals surface area contributed by atoms with E-state index in [1.54, 1.807) is 0 Å². The van der Waals surface area contributed by atoms with Crippen LogP contribution in [-0.4, -0.2) is 0 Å². The van der Waals surface area contributed by atoms with Crippen molar-refractivity contribution in [3.05, 3.63) is 239 Å². The minimum absolute atomic E-state index is 0.170. The normalized spacial score (nSPS) is 15.1. The topological polar surface area (TPSA) is 6.48 Å². The van der Waals surface area contributed by atoms with E-state index in [1.165, 1.54) is 138 Å². The molecule has 2 heteroatoms. The lowest BCUT2D eigenvalue weighted by Crippen LogP contribution is -2.18. The third kappa shape index (κ3) is 7.73. The number of anilines is 6. The van der Waals surface area contributed by atoms with Gasteiger partial charge in [0.05, 0.1) is 0 Å². The molecule has 67 heavy (non-hydrogen) atoms. The maximum atomic E-state index is 2.56. The van der Waals surface area contributed by atoms with E-state index < -0.39 is 0 Å². The number of benzene rings is 9. The van der Waals surface area contributed by atoms with E-state index in [0.29, 0.717) is 5.92 Å². The van der Waals surface area contributed by atoms with Gasteiger partial charge in [-0.25, -0.2) is 0 Å². The number of nitrogens with zero attached hydrogens (tertiary/aromatic N) is 2. The zero-order valence-electron chi connectivity index (χ0n) is 38.9. The van der Waals surface area contributed by atoms with Crippen LogP contribution < -0.4 is 9.80 Å². The summed E-state index contributed by atoms with van der Waals surface area (Å²) in [4.78, 5) is 5.08. The van der Waals surface area contributed by atoms with Gasteiger partial charge in [-0.3, -0.25) is 0 Å². The Morgan fingerprint density at radius 3 is 1.61 bits per heavy atom. The first kappa shape index (κ1) is 41.3. The SMILES string of the molecule is CC1(C)c2cc(-c3ccccc3)ccc2-c2ccc(N(c3ccc4ccccc4c3)c3cc4ccc3CCc3ccc(c(N(c5ccccc5)c5ccc(C6CCCCC6)cc5)c3)CC4)cc21. The van der Waals surface area contributed by atoms with Crippen LogP contribution in [0.15, 0.2) is 200 Å². The predicted molar refractivity (Wildman–Crippen MR) is 283 cm³/mol. The van der Waals surface area contributed by atoms with Gasteiger partial charge < -0.3 is 9.80 Å². The highest BCUT2D eigenvalue weighted by Crippen LogP contribution is 2.52. The van der Waals surface area contributed by atoms with E-state index in [9.17, 15) is 0 Å². The molecule has 0 aliphatic heterocycles. The van der Waals surface area contributed by atoms with Gasteiger partial charge in [-0.15, -0.1) is 0 Å². The zero-order valence-corrected chi connectivity index (χ0v) is 38.9. The fourth-order valence-corrected chi connectivity index (χ4v) is 11.7. The molecule has 0 heterocycles. The maximum Gasteiger partial charge on any atom is 0.0496 e. The summed E-state index contributed by atoms with van der Waals surface area (Å²) in [6.45, 7) is 4.82. The minimum Gasteiger partial charge on any atom is -0.310 e. The van der Waals surface area contributed by atoms with Crippen LogP contribution >= 0.6 is 0 Å². The van der Waals surface area contributed by atoms with Crippen LogP contribution in [0, 0.1) is 0 Å². The first-order valence-electron chi connectivity index (χ1n) is 24.8. The maximum absolute atomic E-state index is 2.56. The second kappa shape index (κ2) is 17.2. The molecule has 2 nitrogen and oxygen atoms in total. The van der Waals surface area contributed by atoms with E-state index in [0.717, 1.165) is 25.7 Å². The van der Waals surface area contributed by atoms with Crippen molar-refractivity contribution in [3.8, 4) is 22.3 Å². The summed E-state index contributed by atoms with van der Waals surface area (Å²) in [6, 6.07) is 76.1. The van der Waals surface area contributed by atoms with Crippen LogP contribution in [0.5, 0.6) is 0 Å². The van der Waals surface area contributed by atoms with Gasteiger partial charge in [0.15, 0.2) is 0 Å². The third-order valence-corrected chi connectivity index (χ3v) is 15.4. The quantitative estimate of drug-likeness (QED) is 0.150. The van der Waals surface area contributed by atoms with Gasteiger partial charge >= 0.3 is 0 Å². The molecule has 9 aromatic rings. The summed E-state index contributed by atoms with van der Waals surface area (Å²) in [6.07, 6.45) is 10.4. The monoisotopic (exact) mass is 866 g/mol. The summed E-state index contributed by atoms with van der Waals surface area (Å²) < 4.78 is 0. The Labute approximate surface area is 397 Å². The molecule has 0 unspecified atom stereocenters. The lowest BCUT2D eigenvalue weighted by atomic mass is 9.81. The van der Waals surface area contributed by atoms with E-state index >= 15 is 0 Å². The Morgan fingerprint density at radius 1 is 0.388 bits per heavy atom. The van der Waals surface area contributed by atoms with Gasteiger partial charge in [0.2, 0.25) is 0 Å². The van der Waals surface area contributed by atoms with Crippen molar-refractivity contribution >= 4 is 44.9 Å². The highest BCUT2D eigenvalue weighted by Gasteiger charge is 2.36. The lowest BCUT2D eigenvalue weighted by molar-refractivity contribution is 0.443. The molecular weight excluding hydrogens is 809 g/mol. The molecule has 0 saturated heterocycles. The molecule has 1 fully saturated rings. The molecular formula is C65H58N2. The Hall–Kier alpha value is -7.16. The standard InChI is InChI=1S/C65H58N2/c1-65(2)61-43-54(48-16-8-4-9-17-48)33-38-59(61)60-39-37-58(44-62(60)65)67(57-36-32-49-18-12-13-19-53(49)42-57)64-41-46-23-27-51-26-22-45(24-28-52(64)29-25-46)40-63(51)66(55-20-10-5-11-21-55)56-34-30-50(31-35-56)47-14-6-3-7-15-47/h4-5,8-13,16-22,25-26,29-44,47H,3,6-7,14-15,23-24,27-28H2,1-2H3. The summed E-state index contributed by atoms with van der Waals surface area (Å²) in [5.41, 5.74) is 22.1. The number of fused-ring (bicyclic) bond motifs is 4. The molecule has 6 aliphatic rings. The molecule has 0 aromatic heterocycles. The summed E-state index contributed by atoms with van der Waals surface area (Å²) in [5.74, 6) is 0.686. The number of para-hydroxylation sites is 1. The second-order valence-corrected chi connectivity index (χ2v) is 19.9. The fraction of sp³-hybridized carbons (Fsp3) is 0.200. The fourth-order valence-electron chi connectivity index (χ4n) is 11.7. The predicted octanol–water partition coefficient (Wildman–Crippen LogP) is 17.7. The van der Waals surface area contributed by atoms with Gasteiger partial charge in [0.25, 0.3) is 0 Å². The van der Waals surface area contributed by atoms with Gasteiger partial charge in [-0.2, -0.15) is 0 Å². The molecule has 0 radical (unpaired) electrons. The third-order valence-electron chi connectivity index (χ3n) is 15.4. The molecule has 15 rings (SSSR count). The van der Waals surface area contributed by atoms with Crippen molar-refractivity contribution in [1.82, 2.24) is 0 Å². The summed E-state index contributed by atoms with van der Waals surface area (Å²) >= 11 is 0. The number of hydrogen-bond donors (Lipinski definition) is 0. The van der Waals surface area contributed by atoms with Crippen molar-refractivity contribution in [3.63, 3.8) is 0 Å². The van der Waals surface area contributed by atoms with E-state index in [-0.39, 0.29) is 5.41 Å². The molecule has 0 amide bonds. The zero-order chi connectivity index (χ0) is 44.9. The smallest absolute Gasteiger partial charge is 0.0496 e. The van der Waals surface area contributed by atoms with Crippen molar-refractivity contribution in [1.29, 1.82) is 0 Å². The van der Waals surface area contributed by atoms with Gasteiger partial charge in [-0.1, -0.05) is 167 Å². The molecule has 9 aromatic carbocycles. The summed E-state index contributed by atoms with van der Waals surface area (Å²) in [5, 5.41) is 2.50. The van der Waals surface area contributed by atoms with E-state index in [2.05, 4.69) is 224 Å². The number of rotatable bonds is 8. The van der Waals surface area contributed by atoms with Crippen molar-refractivity contribution in [2.24, 2.45) is 0 Å². The number of hydrogen-bond acceptors (Lipinski definition) is 2. The molecule has 0 atom stereocenters. The van der Waals surface area contributed by atoms with Crippen molar-refractivity contribution < 1.29 is 0 Å². The van der Waals surface area contributed by atoms with Crippen LogP contribution in [0.1, 0.15) is 90.8 Å². The average Bonchev–Trinajstić information content (AvgIpc) is 3.60. The Kier molecular flexibility index (Phi) is 10.6. The number of aryl methyl sites for hydroxylation is 4. The summed E-state index contributed by atoms with van der Waals surface area (Å²) in [7, 11) is 0. The van der Waals surface area contributed by atoms with Crippen LogP contribution in [0.4, 0.5) is 34.1 Å². The molecule has 4 bridgehead atoms. The Balaban J connectivity index is 0.934. The van der Waals surface area contributed by atoms with Gasteiger partial charge in [0, 0.05) is 39.5 Å². The van der Waals surface area contributed by atoms with Gasteiger partial charge in [-0.05, 0) is 183 Å². The average molecular weight is 867 g/mol. The van der Waals surface area contributed by atoms with Crippen LogP contribution in [0.25, 0.3) is 33.0 Å². The highest BCUT2D eigenvalue weighted by atomic mass is 15.2. The van der Waals surface area contributed by atoms with Crippen LogP contribution in [0.2, 0.25) is 0 Å². The molecule has 0 N–H and O–H groups in total. The Bertz CT molecular complexity index is 3250.